The molecule has 124 valence electrons. The van der Waals surface area contributed by atoms with Gasteiger partial charge in [-0.05, 0) is 32.0 Å². The Kier molecular flexibility index (Phi) is 5.95. The van der Waals surface area contributed by atoms with Crippen LogP contribution in [0.15, 0.2) is 47.6 Å². The number of carbonyl (C=O) groups excluding carboxylic acids is 2. The van der Waals surface area contributed by atoms with E-state index in [1.165, 1.54) is 19.1 Å². The lowest BCUT2D eigenvalue weighted by Gasteiger charge is -2.05. The van der Waals surface area contributed by atoms with Crippen LogP contribution in [0.2, 0.25) is 10.0 Å². The molecule has 24 heavy (non-hydrogen) atoms. The number of halogens is 2. The van der Waals surface area contributed by atoms with Crippen molar-refractivity contribution >= 4 is 46.5 Å². The van der Waals surface area contributed by atoms with E-state index in [9.17, 15) is 9.59 Å². The summed E-state index contributed by atoms with van der Waals surface area (Å²) in [7, 11) is 0. The molecule has 0 saturated heterocycles. The zero-order valence-electron chi connectivity index (χ0n) is 13.0. The maximum atomic E-state index is 12.1. The summed E-state index contributed by atoms with van der Waals surface area (Å²) in [5.41, 5.74) is 1.96. The molecule has 0 radical (unpaired) electrons. The molecule has 0 aliphatic carbocycles. The Morgan fingerprint density at radius 1 is 1.04 bits per heavy atom. The molecule has 2 rings (SSSR count). The molecule has 7 heteroatoms. The molecule has 2 aromatic rings. The maximum Gasteiger partial charge on any atom is 0.437 e. The van der Waals surface area contributed by atoms with E-state index in [0.29, 0.717) is 21.3 Å². The molecule has 0 aliphatic rings. The molecule has 0 aliphatic heterocycles. The maximum absolute atomic E-state index is 12.1. The molecule has 0 aromatic heterocycles. The molecule has 0 atom stereocenters. The highest BCUT2D eigenvalue weighted by Crippen LogP contribution is 2.25. The first kappa shape index (κ1) is 18.0. The summed E-state index contributed by atoms with van der Waals surface area (Å²) in [6, 6.07) is 11.6. The van der Waals surface area contributed by atoms with Gasteiger partial charge in [0.2, 0.25) is 5.78 Å². The summed E-state index contributed by atoms with van der Waals surface area (Å²) >= 11 is 11.6. The third-order valence-corrected chi connectivity index (χ3v) is 3.81. The van der Waals surface area contributed by atoms with Crippen molar-refractivity contribution in [2.75, 3.05) is 5.32 Å². The van der Waals surface area contributed by atoms with Gasteiger partial charge < -0.3 is 0 Å². The molecule has 1 amide bonds. The lowest BCUT2D eigenvalue weighted by Crippen LogP contribution is -2.15. The summed E-state index contributed by atoms with van der Waals surface area (Å²) in [5, 5.41) is 6.65. The molecule has 1 N–H and O–H groups in total. The summed E-state index contributed by atoms with van der Waals surface area (Å²) in [4.78, 5) is 28.5. The van der Waals surface area contributed by atoms with Gasteiger partial charge >= 0.3 is 6.09 Å². The van der Waals surface area contributed by atoms with Gasteiger partial charge in [0.15, 0.2) is 0 Å². The number of carbonyl (C=O) groups is 2. The number of amides is 1. The van der Waals surface area contributed by atoms with E-state index in [2.05, 4.69) is 15.3 Å². The first-order valence-electron chi connectivity index (χ1n) is 6.96. The normalized spacial score (nSPS) is 11.1. The Bertz CT molecular complexity index is 802. The van der Waals surface area contributed by atoms with Gasteiger partial charge in [0, 0.05) is 11.3 Å². The second-order valence-corrected chi connectivity index (χ2v) is 5.82. The zero-order chi connectivity index (χ0) is 17.7. The van der Waals surface area contributed by atoms with Gasteiger partial charge in [-0.1, -0.05) is 58.2 Å². The third-order valence-electron chi connectivity index (χ3n) is 3.07. The predicted octanol–water partition coefficient (Wildman–Crippen LogP) is 5.11. The molecule has 0 unspecified atom stereocenters. The number of nitrogens with one attached hydrogen (secondary N) is 1. The number of aryl methyl sites for hydroxylation is 1. The molecule has 0 bridgehead atoms. The van der Waals surface area contributed by atoms with Crippen LogP contribution in [0.25, 0.3) is 0 Å². The predicted molar refractivity (Wildman–Crippen MR) is 95.2 cm³/mol. The standard InChI is InChI=1S/C17H14Cl2N2O3/c1-10-3-5-12(6-4-10)16(22)11(2)21-24-17(23)20-13-7-8-14(18)15(19)9-13/h3-9H,1-2H3,(H,20,23)/b21-11+. The summed E-state index contributed by atoms with van der Waals surface area (Å²) in [6.07, 6.45) is -0.843. The molecular weight excluding hydrogens is 351 g/mol. The molecule has 0 heterocycles. The average Bonchev–Trinajstić information content (AvgIpc) is 2.56. The summed E-state index contributed by atoms with van der Waals surface area (Å²) < 4.78 is 0. The van der Waals surface area contributed by atoms with Crippen LogP contribution >= 0.6 is 23.2 Å². The van der Waals surface area contributed by atoms with E-state index in [1.807, 2.05) is 19.1 Å². The topological polar surface area (TPSA) is 67.8 Å². The van der Waals surface area contributed by atoms with Gasteiger partial charge in [-0.2, -0.15) is 0 Å². The molecule has 0 spiro atoms. The zero-order valence-corrected chi connectivity index (χ0v) is 14.5. The van der Waals surface area contributed by atoms with Gasteiger partial charge in [0.05, 0.1) is 10.0 Å². The number of rotatable bonds is 4. The highest BCUT2D eigenvalue weighted by atomic mass is 35.5. The van der Waals surface area contributed by atoms with Crippen LogP contribution in [0.5, 0.6) is 0 Å². The number of oxime groups is 1. The van der Waals surface area contributed by atoms with Gasteiger partial charge in [0.1, 0.15) is 5.71 Å². The lowest BCUT2D eigenvalue weighted by molar-refractivity contribution is 0.105. The molecule has 0 fully saturated rings. The van der Waals surface area contributed by atoms with Gasteiger partial charge in [-0.15, -0.1) is 0 Å². The number of Topliss-reactive ketones (excluding diaryl/α,β-unsaturated/α-hetero) is 1. The van der Waals surface area contributed by atoms with Crippen LogP contribution in [0.1, 0.15) is 22.8 Å². The van der Waals surface area contributed by atoms with Gasteiger partial charge in [-0.25, -0.2) is 4.79 Å². The van der Waals surface area contributed by atoms with Gasteiger partial charge in [0.25, 0.3) is 0 Å². The minimum atomic E-state index is -0.843. The van der Waals surface area contributed by atoms with Crippen LogP contribution in [0, 0.1) is 6.92 Å². The van der Waals surface area contributed by atoms with Crippen molar-refractivity contribution in [2.45, 2.75) is 13.8 Å². The second-order valence-electron chi connectivity index (χ2n) is 5.00. The van der Waals surface area contributed by atoms with Crippen molar-refractivity contribution in [2.24, 2.45) is 5.16 Å². The minimum Gasteiger partial charge on any atom is -0.297 e. The fourth-order valence-corrected chi connectivity index (χ4v) is 2.08. The first-order valence-corrected chi connectivity index (χ1v) is 7.71. The minimum absolute atomic E-state index is 0.0585. The average molecular weight is 365 g/mol. The van der Waals surface area contributed by atoms with Crippen molar-refractivity contribution in [1.82, 2.24) is 0 Å². The molecular formula is C17H14Cl2N2O3. The first-order chi connectivity index (χ1) is 11.4. The van der Waals surface area contributed by atoms with Crippen LogP contribution < -0.4 is 5.32 Å². The third kappa shape index (κ3) is 4.81. The van der Waals surface area contributed by atoms with Crippen molar-refractivity contribution in [3.8, 4) is 0 Å². The van der Waals surface area contributed by atoms with E-state index in [-0.39, 0.29) is 11.5 Å². The Labute approximate surface area is 149 Å². The van der Waals surface area contributed by atoms with Crippen molar-refractivity contribution < 1.29 is 14.4 Å². The fraction of sp³-hybridized carbons (Fsp3) is 0.118. The number of benzene rings is 2. The van der Waals surface area contributed by atoms with Crippen molar-refractivity contribution in [1.29, 1.82) is 0 Å². The van der Waals surface area contributed by atoms with Crippen molar-refractivity contribution in [3.05, 3.63) is 63.6 Å². The quantitative estimate of drug-likeness (QED) is 0.354. The highest BCUT2D eigenvalue weighted by Gasteiger charge is 2.11. The summed E-state index contributed by atoms with van der Waals surface area (Å²) in [6.45, 7) is 3.39. The molecule has 2 aromatic carbocycles. The monoisotopic (exact) mass is 364 g/mol. The SMILES string of the molecule is C/C(=N\OC(=O)Nc1ccc(Cl)c(Cl)c1)C(=O)c1ccc(C)cc1. The van der Waals surface area contributed by atoms with E-state index < -0.39 is 6.09 Å². The Morgan fingerprint density at radius 3 is 2.33 bits per heavy atom. The molecule has 5 nitrogen and oxygen atoms in total. The Morgan fingerprint density at radius 2 is 1.71 bits per heavy atom. The van der Waals surface area contributed by atoms with Crippen molar-refractivity contribution in [3.63, 3.8) is 0 Å². The van der Waals surface area contributed by atoms with Gasteiger partial charge in [-0.3, -0.25) is 14.9 Å². The highest BCUT2D eigenvalue weighted by molar-refractivity contribution is 6.45. The number of hydrogen-bond acceptors (Lipinski definition) is 4. The van der Waals surface area contributed by atoms with E-state index in [0.717, 1.165) is 5.56 Å². The van der Waals surface area contributed by atoms with E-state index in [1.54, 1.807) is 18.2 Å². The molecule has 0 saturated carbocycles. The second kappa shape index (κ2) is 7.95. The Hall–Kier alpha value is -2.37. The fourth-order valence-electron chi connectivity index (χ4n) is 1.78. The number of anilines is 1. The van der Waals surface area contributed by atoms with Crippen LogP contribution in [-0.4, -0.2) is 17.6 Å². The van der Waals surface area contributed by atoms with Crippen LogP contribution in [-0.2, 0) is 4.84 Å². The van der Waals surface area contributed by atoms with E-state index >= 15 is 0 Å². The Balaban J connectivity index is 1.98. The number of hydrogen-bond donors (Lipinski definition) is 1. The summed E-state index contributed by atoms with van der Waals surface area (Å²) in [5.74, 6) is -0.322. The number of ketones is 1. The lowest BCUT2D eigenvalue weighted by atomic mass is 10.1. The van der Waals surface area contributed by atoms with Crippen LogP contribution in [0.4, 0.5) is 10.5 Å². The largest absolute Gasteiger partial charge is 0.437 e. The van der Waals surface area contributed by atoms with E-state index in [4.69, 9.17) is 23.2 Å². The smallest absolute Gasteiger partial charge is 0.297 e. The van der Waals surface area contributed by atoms with Crippen LogP contribution in [0.3, 0.4) is 0 Å². The number of nitrogens with zero attached hydrogens (tertiary/aromatic N) is 1.